The number of benzene rings is 4. The second-order valence-corrected chi connectivity index (χ2v) is 9.95. The Morgan fingerprint density at radius 3 is 2.22 bits per heavy atom. The summed E-state index contributed by atoms with van der Waals surface area (Å²) in [6.45, 7) is 3.81. The Hall–Kier alpha value is -4.59. The number of halogens is 2. The number of carbonyl (C=O) groups is 3. The molecule has 0 radical (unpaired) electrons. The lowest BCUT2D eigenvalue weighted by atomic mass is 10.1. The highest BCUT2D eigenvalue weighted by Gasteiger charge is 2.23. The number of fused-ring (bicyclic) bond motifs is 1. The van der Waals surface area contributed by atoms with E-state index in [-0.39, 0.29) is 29.2 Å². The average Bonchev–Trinajstić information content (AvgIpc) is 3.24. The summed E-state index contributed by atoms with van der Waals surface area (Å²) in [7, 11) is 0. The molecule has 0 bridgehead atoms. The zero-order valence-electron chi connectivity index (χ0n) is 22.1. The Balaban J connectivity index is 1.48. The molecule has 0 atom stereocenters. The summed E-state index contributed by atoms with van der Waals surface area (Å²) in [4.78, 5) is 39.2. The van der Waals surface area contributed by atoms with Gasteiger partial charge in [0, 0.05) is 32.4 Å². The minimum absolute atomic E-state index is 0.137. The third kappa shape index (κ3) is 5.82. The van der Waals surface area contributed by atoms with Gasteiger partial charge in [-0.3, -0.25) is 4.79 Å². The van der Waals surface area contributed by atoms with E-state index in [9.17, 15) is 14.4 Å². The predicted octanol–water partition coefficient (Wildman–Crippen LogP) is 7.89. The van der Waals surface area contributed by atoms with E-state index in [0.717, 1.165) is 11.2 Å². The Morgan fingerprint density at radius 2 is 1.51 bits per heavy atom. The van der Waals surface area contributed by atoms with Crippen molar-refractivity contribution in [2.45, 2.75) is 13.8 Å². The number of anilines is 1. The molecule has 206 valence electrons. The highest BCUT2D eigenvalue weighted by molar-refractivity contribution is 6.35. The Bertz CT molecular complexity index is 1780. The van der Waals surface area contributed by atoms with Crippen molar-refractivity contribution in [3.8, 4) is 11.4 Å². The second kappa shape index (κ2) is 11.9. The summed E-state index contributed by atoms with van der Waals surface area (Å²) in [5.41, 5.74) is 3.33. The molecule has 1 N–H and O–H groups in total. The molecule has 4 aromatic carbocycles. The van der Waals surface area contributed by atoms with E-state index in [2.05, 4.69) is 5.32 Å². The van der Waals surface area contributed by atoms with Gasteiger partial charge in [0.2, 0.25) is 0 Å². The van der Waals surface area contributed by atoms with Gasteiger partial charge in [-0.05, 0) is 74.5 Å². The number of hydrogen-bond acceptors (Lipinski definition) is 5. The third-order valence-electron chi connectivity index (χ3n) is 6.40. The maximum atomic E-state index is 13.3. The number of aromatic nitrogens is 1. The van der Waals surface area contributed by atoms with Crippen molar-refractivity contribution in [2.24, 2.45) is 0 Å². The van der Waals surface area contributed by atoms with Crippen molar-refractivity contribution in [2.75, 3.05) is 11.9 Å². The van der Waals surface area contributed by atoms with Crippen LogP contribution >= 0.6 is 23.2 Å². The van der Waals surface area contributed by atoms with Gasteiger partial charge in [-0.2, -0.15) is 0 Å². The van der Waals surface area contributed by atoms with Crippen molar-refractivity contribution in [3.63, 3.8) is 0 Å². The van der Waals surface area contributed by atoms with Crippen molar-refractivity contribution < 1.29 is 23.9 Å². The molecule has 7 nitrogen and oxygen atoms in total. The van der Waals surface area contributed by atoms with E-state index in [0.29, 0.717) is 26.7 Å². The molecule has 9 heteroatoms. The molecule has 0 spiro atoms. The van der Waals surface area contributed by atoms with E-state index in [1.807, 2.05) is 41.8 Å². The van der Waals surface area contributed by atoms with Gasteiger partial charge in [0.25, 0.3) is 5.91 Å². The number of para-hydroxylation sites is 2. The van der Waals surface area contributed by atoms with Crippen LogP contribution in [0.3, 0.4) is 0 Å². The zero-order chi connectivity index (χ0) is 29.1. The largest absolute Gasteiger partial charge is 0.462 e. The van der Waals surface area contributed by atoms with Crippen molar-refractivity contribution in [1.82, 2.24) is 4.57 Å². The molecule has 0 fully saturated rings. The van der Waals surface area contributed by atoms with Crippen LogP contribution in [0.1, 0.15) is 43.7 Å². The number of hydrogen-bond donors (Lipinski definition) is 1. The Morgan fingerprint density at radius 1 is 0.829 bits per heavy atom. The molecule has 0 aliphatic heterocycles. The summed E-state index contributed by atoms with van der Waals surface area (Å²) >= 11 is 12.1. The van der Waals surface area contributed by atoms with Gasteiger partial charge in [0.1, 0.15) is 5.75 Å². The van der Waals surface area contributed by atoms with E-state index >= 15 is 0 Å². The van der Waals surface area contributed by atoms with Crippen LogP contribution < -0.4 is 10.1 Å². The number of esters is 2. The number of nitrogens with one attached hydrogen (secondary N) is 1. The fourth-order valence-corrected chi connectivity index (χ4v) is 5.17. The molecular formula is C32H24Cl2N2O5. The lowest BCUT2D eigenvalue weighted by molar-refractivity contribution is 0.0527. The zero-order valence-corrected chi connectivity index (χ0v) is 23.6. The maximum absolute atomic E-state index is 13.3. The van der Waals surface area contributed by atoms with E-state index in [1.165, 1.54) is 18.2 Å². The van der Waals surface area contributed by atoms with Crippen molar-refractivity contribution in [3.05, 3.63) is 123 Å². The van der Waals surface area contributed by atoms with Crippen LogP contribution in [0.15, 0.2) is 91.0 Å². The number of nitrogens with zero attached hydrogens (tertiary/aromatic N) is 1. The molecule has 1 amide bonds. The minimum Gasteiger partial charge on any atom is -0.462 e. The van der Waals surface area contributed by atoms with Crippen molar-refractivity contribution in [1.29, 1.82) is 0 Å². The van der Waals surface area contributed by atoms with Crippen LogP contribution in [0.5, 0.6) is 5.75 Å². The monoisotopic (exact) mass is 586 g/mol. The molecule has 0 aliphatic rings. The number of amides is 1. The molecule has 0 unspecified atom stereocenters. The topological polar surface area (TPSA) is 86.6 Å². The first-order valence-corrected chi connectivity index (χ1v) is 13.5. The molecule has 41 heavy (non-hydrogen) atoms. The normalized spacial score (nSPS) is 10.8. The van der Waals surface area contributed by atoms with Crippen LogP contribution in [-0.4, -0.2) is 29.0 Å². The summed E-state index contributed by atoms with van der Waals surface area (Å²) in [5, 5.41) is 3.92. The maximum Gasteiger partial charge on any atom is 0.345 e. The lowest BCUT2D eigenvalue weighted by Crippen LogP contribution is -2.17. The van der Waals surface area contributed by atoms with E-state index < -0.39 is 17.8 Å². The highest BCUT2D eigenvalue weighted by atomic mass is 35.5. The SMILES string of the molecule is CCOC(=O)c1c(C)n(-c2ccccc2)c2ccc(OC(=O)c3ccccc3NC(=O)c3cc(Cl)cc(Cl)c3)cc12. The molecule has 1 heterocycles. The molecule has 0 aliphatic carbocycles. The van der Waals surface area contributed by atoms with Crippen LogP contribution in [0.4, 0.5) is 5.69 Å². The van der Waals surface area contributed by atoms with Gasteiger partial charge in [0.15, 0.2) is 0 Å². The van der Waals surface area contributed by atoms with E-state index in [4.69, 9.17) is 32.7 Å². The van der Waals surface area contributed by atoms with Gasteiger partial charge < -0.3 is 19.4 Å². The molecule has 1 aromatic heterocycles. The summed E-state index contributed by atoms with van der Waals surface area (Å²) in [6, 6.07) is 25.7. The van der Waals surface area contributed by atoms with Gasteiger partial charge in [-0.15, -0.1) is 0 Å². The minimum atomic E-state index is -0.693. The first-order chi connectivity index (χ1) is 19.8. The number of rotatable bonds is 7. The molecule has 0 saturated heterocycles. The summed E-state index contributed by atoms with van der Waals surface area (Å²) in [6.07, 6.45) is 0. The third-order valence-corrected chi connectivity index (χ3v) is 6.84. The fraction of sp³-hybridized carbons (Fsp3) is 0.0938. The first-order valence-electron chi connectivity index (χ1n) is 12.7. The Kier molecular flexibility index (Phi) is 8.10. The molecule has 5 rings (SSSR count). The van der Waals surface area contributed by atoms with Gasteiger partial charge in [0.05, 0.1) is 28.9 Å². The first kappa shape index (κ1) is 28.0. The number of ether oxygens (including phenoxy) is 2. The quantitative estimate of drug-likeness (QED) is 0.155. The lowest BCUT2D eigenvalue weighted by Gasteiger charge is -2.12. The van der Waals surface area contributed by atoms with Crippen LogP contribution in [0.25, 0.3) is 16.6 Å². The Labute approximate surface area is 246 Å². The van der Waals surface area contributed by atoms with Crippen molar-refractivity contribution >= 4 is 57.6 Å². The van der Waals surface area contributed by atoms with Crippen LogP contribution in [0.2, 0.25) is 10.0 Å². The van der Waals surface area contributed by atoms with E-state index in [1.54, 1.807) is 49.4 Å². The summed E-state index contributed by atoms with van der Waals surface area (Å²) < 4.78 is 13.0. The average molecular weight is 587 g/mol. The van der Waals surface area contributed by atoms with Gasteiger partial charge >= 0.3 is 11.9 Å². The molecule has 5 aromatic rings. The van der Waals surface area contributed by atoms with Gasteiger partial charge in [-0.1, -0.05) is 53.5 Å². The number of carbonyl (C=O) groups excluding carboxylic acids is 3. The predicted molar refractivity (Wildman–Crippen MR) is 160 cm³/mol. The van der Waals surface area contributed by atoms with Gasteiger partial charge in [-0.25, -0.2) is 9.59 Å². The van der Waals surface area contributed by atoms with Crippen LogP contribution in [-0.2, 0) is 4.74 Å². The summed E-state index contributed by atoms with van der Waals surface area (Å²) in [5.74, 6) is -1.43. The highest BCUT2D eigenvalue weighted by Crippen LogP contribution is 2.33. The standard InChI is InChI=1S/C32H24Cl2N2O5/c1-3-40-32(39)29-19(2)36(23-9-5-4-6-10-23)28-14-13-24(18-26(28)29)41-31(38)25-11-7-8-12-27(25)35-30(37)20-15-21(33)17-22(34)16-20/h4-18H,3H2,1-2H3,(H,35,37). The fourth-order valence-electron chi connectivity index (χ4n) is 4.64. The smallest absolute Gasteiger partial charge is 0.345 e. The second-order valence-electron chi connectivity index (χ2n) is 9.08. The molecule has 0 saturated carbocycles. The van der Waals surface area contributed by atoms with Crippen LogP contribution in [0, 0.1) is 6.92 Å². The molecular weight excluding hydrogens is 563 g/mol.